The number of carbonyl (C=O) groups is 1. The summed E-state index contributed by atoms with van der Waals surface area (Å²) in [6.45, 7) is -0.0170. The lowest BCUT2D eigenvalue weighted by molar-refractivity contribution is -0.137. The molecular formula is C9H10N6O3. The van der Waals surface area contributed by atoms with Crippen LogP contribution in [0.2, 0.25) is 0 Å². The molecule has 94 valence electrons. The molecule has 9 nitrogen and oxygen atoms in total. The molecule has 18 heavy (non-hydrogen) atoms. The zero-order valence-electron chi connectivity index (χ0n) is 9.20. The molecule has 0 bridgehead atoms. The third-order valence-electron chi connectivity index (χ3n) is 2.03. The van der Waals surface area contributed by atoms with Crippen LogP contribution in [0.5, 0.6) is 0 Å². The van der Waals surface area contributed by atoms with Gasteiger partial charge in [-0.2, -0.15) is 0 Å². The topological polar surface area (TPSA) is 126 Å². The van der Waals surface area contributed by atoms with Crippen LogP contribution >= 0.6 is 0 Å². The molecule has 2 aromatic heterocycles. The summed E-state index contributed by atoms with van der Waals surface area (Å²) in [5.74, 6) is -0.828. The Kier molecular flexibility index (Phi) is 3.32. The normalized spacial score (nSPS) is 10.2. The average molecular weight is 250 g/mol. The molecule has 0 saturated heterocycles. The maximum atomic E-state index is 11.3. The number of nitrogens with zero attached hydrogens (tertiary/aromatic N) is 4. The Morgan fingerprint density at radius 2 is 2.39 bits per heavy atom. The molecular weight excluding hydrogens is 240 g/mol. The first kappa shape index (κ1) is 11.8. The second-order valence-corrected chi connectivity index (χ2v) is 3.42. The number of hydrogen-bond acceptors (Lipinski definition) is 6. The third kappa shape index (κ3) is 2.90. The summed E-state index contributed by atoms with van der Waals surface area (Å²) in [5, 5.41) is 18.7. The minimum atomic E-state index is -0.999. The molecule has 0 aliphatic carbocycles. The summed E-state index contributed by atoms with van der Waals surface area (Å²) in [7, 11) is 0. The van der Waals surface area contributed by atoms with Crippen molar-refractivity contribution in [1.82, 2.24) is 25.0 Å². The van der Waals surface area contributed by atoms with Crippen molar-refractivity contribution in [3.63, 3.8) is 0 Å². The quantitative estimate of drug-likeness (QED) is 0.625. The minimum Gasteiger partial charge on any atom is -0.480 e. The molecule has 2 aromatic rings. The van der Waals surface area contributed by atoms with Crippen molar-refractivity contribution >= 4 is 11.8 Å². The van der Waals surface area contributed by atoms with Gasteiger partial charge in [-0.25, -0.2) is 9.67 Å². The highest BCUT2D eigenvalue weighted by molar-refractivity contribution is 5.66. The van der Waals surface area contributed by atoms with Crippen LogP contribution in [0.4, 0.5) is 5.82 Å². The lowest BCUT2D eigenvalue weighted by Gasteiger charge is -2.00. The molecule has 0 aliphatic heterocycles. The maximum Gasteiger partial charge on any atom is 0.325 e. The first-order chi connectivity index (χ1) is 8.65. The number of H-pyrrole nitrogens is 1. The maximum absolute atomic E-state index is 11.3. The van der Waals surface area contributed by atoms with Gasteiger partial charge in [0, 0.05) is 12.4 Å². The van der Waals surface area contributed by atoms with E-state index < -0.39 is 5.97 Å². The van der Waals surface area contributed by atoms with Gasteiger partial charge >= 0.3 is 5.97 Å². The highest BCUT2D eigenvalue weighted by atomic mass is 16.4. The summed E-state index contributed by atoms with van der Waals surface area (Å²) in [6.07, 6.45) is 4.36. The van der Waals surface area contributed by atoms with Crippen LogP contribution in [0.15, 0.2) is 23.4 Å². The fourth-order valence-corrected chi connectivity index (χ4v) is 1.29. The molecule has 0 atom stereocenters. The van der Waals surface area contributed by atoms with Crippen molar-refractivity contribution in [3.05, 3.63) is 34.6 Å². The van der Waals surface area contributed by atoms with E-state index in [1.54, 1.807) is 0 Å². The van der Waals surface area contributed by atoms with E-state index in [4.69, 9.17) is 5.11 Å². The molecule has 0 saturated carbocycles. The first-order valence-electron chi connectivity index (χ1n) is 5.03. The lowest BCUT2D eigenvalue weighted by Crippen LogP contribution is -2.15. The Morgan fingerprint density at radius 1 is 1.56 bits per heavy atom. The summed E-state index contributed by atoms with van der Waals surface area (Å²) >= 11 is 0. The third-order valence-corrected chi connectivity index (χ3v) is 2.03. The van der Waals surface area contributed by atoms with Gasteiger partial charge in [0.25, 0.3) is 5.56 Å². The van der Waals surface area contributed by atoms with Crippen LogP contribution in [-0.2, 0) is 17.9 Å². The van der Waals surface area contributed by atoms with Gasteiger partial charge in [0.1, 0.15) is 12.2 Å². The van der Waals surface area contributed by atoms with Crippen molar-refractivity contribution < 1.29 is 9.90 Å². The van der Waals surface area contributed by atoms with Gasteiger partial charge in [-0.1, -0.05) is 5.21 Å². The van der Waals surface area contributed by atoms with E-state index in [-0.39, 0.29) is 24.5 Å². The number of hydrogen-bond donors (Lipinski definition) is 3. The summed E-state index contributed by atoms with van der Waals surface area (Å²) in [5.41, 5.74) is 0.178. The summed E-state index contributed by atoms with van der Waals surface area (Å²) < 4.78 is 1.20. The molecule has 0 aliphatic rings. The van der Waals surface area contributed by atoms with Gasteiger partial charge in [0.15, 0.2) is 5.82 Å². The number of rotatable bonds is 5. The van der Waals surface area contributed by atoms with E-state index in [9.17, 15) is 9.59 Å². The number of nitrogens with one attached hydrogen (secondary N) is 2. The van der Waals surface area contributed by atoms with Gasteiger partial charge in [-0.15, -0.1) is 5.10 Å². The fourth-order valence-electron chi connectivity index (χ4n) is 1.29. The molecule has 3 N–H and O–H groups in total. The molecule has 2 rings (SSSR count). The number of carboxylic acid groups (broad SMARTS) is 1. The molecule has 0 unspecified atom stereocenters. The van der Waals surface area contributed by atoms with E-state index in [1.807, 2.05) is 0 Å². The Balaban J connectivity index is 1.98. The Bertz CT molecular complexity index is 604. The molecule has 2 heterocycles. The average Bonchev–Trinajstić information content (AvgIpc) is 2.75. The highest BCUT2D eigenvalue weighted by Gasteiger charge is 2.05. The second kappa shape index (κ2) is 5.08. The van der Waals surface area contributed by atoms with Gasteiger partial charge in [-0.3, -0.25) is 9.59 Å². The number of aliphatic carboxylic acids is 1. The van der Waals surface area contributed by atoms with Crippen molar-refractivity contribution in [2.24, 2.45) is 0 Å². The number of aromatic amines is 1. The molecule has 9 heteroatoms. The molecule has 0 spiro atoms. The van der Waals surface area contributed by atoms with Crippen molar-refractivity contribution in [2.75, 3.05) is 5.32 Å². The van der Waals surface area contributed by atoms with Gasteiger partial charge in [-0.05, 0) is 0 Å². The highest BCUT2D eigenvalue weighted by Crippen LogP contribution is 1.97. The molecule has 0 aromatic carbocycles. The molecule has 0 fully saturated rings. The summed E-state index contributed by atoms with van der Waals surface area (Å²) in [4.78, 5) is 28.0. The molecule has 0 amide bonds. The lowest BCUT2D eigenvalue weighted by atomic mass is 10.4. The predicted molar refractivity (Wildman–Crippen MR) is 59.8 cm³/mol. The first-order valence-corrected chi connectivity index (χ1v) is 5.03. The van der Waals surface area contributed by atoms with Crippen LogP contribution < -0.4 is 10.9 Å². The zero-order chi connectivity index (χ0) is 13.0. The molecule has 0 radical (unpaired) electrons. The van der Waals surface area contributed by atoms with Gasteiger partial charge in [0.05, 0.1) is 12.7 Å². The van der Waals surface area contributed by atoms with E-state index in [0.29, 0.717) is 5.69 Å². The smallest absolute Gasteiger partial charge is 0.325 e. The minimum absolute atomic E-state index is 0.172. The van der Waals surface area contributed by atoms with Gasteiger partial charge < -0.3 is 15.4 Å². The number of aromatic nitrogens is 5. The largest absolute Gasteiger partial charge is 0.480 e. The van der Waals surface area contributed by atoms with Crippen LogP contribution in [0, 0.1) is 0 Å². The van der Waals surface area contributed by atoms with E-state index in [1.165, 1.54) is 23.3 Å². The van der Waals surface area contributed by atoms with Crippen molar-refractivity contribution in [3.8, 4) is 0 Å². The standard InChI is InChI=1S/C9H10N6O3/c16-7(17)5-15-4-6(13-14-15)3-12-8-9(18)11-2-1-10-8/h1-2,4H,3,5H2,(H,10,12)(H,11,18)(H,16,17). The van der Waals surface area contributed by atoms with E-state index in [2.05, 4.69) is 25.6 Å². The van der Waals surface area contributed by atoms with Crippen molar-refractivity contribution in [1.29, 1.82) is 0 Å². The van der Waals surface area contributed by atoms with Crippen molar-refractivity contribution in [2.45, 2.75) is 13.1 Å². The second-order valence-electron chi connectivity index (χ2n) is 3.42. The van der Waals surface area contributed by atoms with Crippen LogP contribution in [0.3, 0.4) is 0 Å². The monoisotopic (exact) mass is 250 g/mol. The Hall–Kier alpha value is -2.71. The summed E-state index contributed by atoms with van der Waals surface area (Å²) in [6, 6.07) is 0. The SMILES string of the molecule is O=C(O)Cn1cc(CNc2ncc[nH]c2=O)nn1. The van der Waals surface area contributed by atoms with Crippen LogP contribution in [0.25, 0.3) is 0 Å². The zero-order valence-corrected chi connectivity index (χ0v) is 9.20. The van der Waals surface area contributed by atoms with Gasteiger partial charge in [0.2, 0.25) is 0 Å². The Morgan fingerprint density at radius 3 is 3.11 bits per heavy atom. The fraction of sp³-hybridized carbons (Fsp3) is 0.222. The number of anilines is 1. The van der Waals surface area contributed by atoms with Crippen LogP contribution in [-0.4, -0.2) is 36.0 Å². The van der Waals surface area contributed by atoms with Crippen LogP contribution in [0.1, 0.15) is 5.69 Å². The van der Waals surface area contributed by atoms with E-state index in [0.717, 1.165) is 0 Å². The Labute approximate surface area is 100 Å². The predicted octanol–water partition coefficient (Wildman–Crippen LogP) is -0.942. The number of carboxylic acids is 1. The van der Waals surface area contributed by atoms with E-state index >= 15 is 0 Å².